The molecule has 0 unspecified atom stereocenters. The van der Waals surface area contributed by atoms with E-state index in [0.717, 1.165) is 24.4 Å². The minimum atomic E-state index is -0.509. The minimum Gasteiger partial charge on any atom is -0.464 e. The molecular formula is C17H20N2O3S. The number of furan rings is 1. The molecule has 1 saturated heterocycles. The third kappa shape index (κ3) is 3.17. The zero-order valence-electron chi connectivity index (χ0n) is 13.2. The molecule has 23 heavy (non-hydrogen) atoms. The average Bonchev–Trinajstić information content (AvgIpc) is 3.15. The van der Waals surface area contributed by atoms with E-state index in [4.69, 9.17) is 10.2 Å². The van der Waals surface area contributed by atoms with Crippen molar-refractivity contribution in [2.75, 3.05) is 6.54 Å². The van der Waals surface area contributed by atoms with Gasteiger partial charge in [-0.3, -0.25) is 9.59 Å². The Bertz CT molecular complexity index is 734. The van der Waals surface area contributed by atoms with Gasteiger partial charge in [0.25, 0.3) is 5.91 Å². The van der Waals surface area contributed by atoms with Crippen LogP contribution in [-0.2, 0) is 0 Å². The molecule has 2 aromatic heterocycles. The third-order valence-corrected chi connectivity index (χ3v) is 5.23. The number of hydrogen-bond acceptors (Lipinski definition) is 4. The van der Waals surface area contributed by atoms with E-state index in [9.17, 15) is 9.59 Å². The Kier molecular flexibility index (Phi) is 4.26. The molecular weight excluding hydrogens is 312 g/mol. The molecule has 0 radical (unpaired) electrons. The summed E-state index contributed by atoms with van der Waals surface area (Å²) >= 11 is 1.26. The van der Waals surface area contributed by atoms with Crippen molar-refractivity contribution in [3.63, 3.8) is 0 Å². The summed E-state index contributed by atoms with van der Waals surface area (Å²) in [6.45, 7) is 4.79. The number of nitrogens with two attached hydrogens (primary N) is 1. The molecule has 2 amide bonds. The lowest BCUT2D eigenvalue weighted by Gasteiger charge is -2.37. The molecule has 1 aliphatic rings. The summed E-state index contributed by atoms with van der Waals surface area (Å²) in [7, 11) is 0. The first-order chi connectivity index (χ1) is 11.0. The summed E-state index contributed by atoms with van der Waals surface area (Å²) in [4.78, 5) is 26.5. The van der Waals surface area contributed by atoms with E-state index in [-0.39, 0.29) is 11.9 Å². The third-order valence-electron chi connectivity index (χ3n) is 4.31. The van der Waals surface area contributed by atoms with Gasteiger partial charge in [0.2, 0.25) is 5.91 Å². The fraction of sp³-hybridized carbons (Fsp3) is 0.412. The van der Waals surface area contributed by atoms with Gasteiger partial charge in [-0.2, -0.15) is 0 Å². The van der Waals surface area contributed by atoms with Crippen molar-refractivity contribution in [1.29, 1.82) is 0 Å². The zero-order valence-corrected chi connectivity index (χ0v) is 14.1. The zero-order chi connectivity index (χ0) is 16.6. The standard InChI is InChI=1S/C17H20N2O3S/c1-10-5-6-19(13(7-10)14-4-3-11(2)22-14)17(21)15-8-12(9-23-15)16(18)20/h3-4,8-10,13H,5-7H2,1-2H3,(H2,18,20)/t10-,13-/m0/s1. The van der Waals surface area contributed by atoms with Crippen LogP contribution in [-0.4, -0.2) is 23.3 Å². The molecule has 122 valence electrons. The van der Waals surface area contributed by atoms with Gasteiger partial charge in [0.05, 0.1) is 16.5 Å². The van der Waals surface area contributed by atoms with E-state index >= 15 is 0 Å². The molecule has 2 aromatic rings. The van der Waals surface area contributed by atoms with E-state index in [1.807, 2.05) is 24.0 Å². The highest BCUT2D eigenvalue weighted by atomic mass is 32.1. The van der Waals surface area contributed by atoms with Gasteiger partial charge in [-0.1, -0.05) is 6.92 Å². The van der Waals surface area contributed by atoms with E-state index in [1.165, 1.54) is 11.3 Å². The van der Waals surface area contributed by atoms with Crippen LogP contribution in [0, 0.1) is 12.8 Å². The van der Waals surface area contributed by atoms with E-state index in [1.54, 1.807) is 11.4 Å². The Labute approximate surface area is 139 Å². The lowest BCUT2D eigenvalue weighted by molar-refractivity contribution is 0.0524. The van der Waals surface area contributed by atoms with Crippen LogP contribution >= 0.6 is 11.3 Å². The number of aryl methyl sites for hydroxylation is 1. The van der Waals surface area contributed by atoms with Gasteiger partial charge in [0, 0.05) is 11.9 Å². The van der Waals surface area contributed by atoms with Gasteiger partial charge < -0.3 is 15.1 Å². The second kappa shape index (κ2) is 6.20. The van der Waals surface area contributed by atoms with Crippen molar-refractivity contribution in [2.45, 2.75) is 32.7 Å². The number of nitrogens with zero attached hydrogens (tertiary/aromatic N) is 1. The predicted octanol–water partition coefficient (Wildman–Crippen LogP) is 3.36. The van der Waals surface area contributed by atoms with Gasteiger partial charge in [0.1, 0.15) is 11.5 Å². The Balaban J connectivity index is 1.88. The monoisotopic (exact) mass is 332 g/mol. The van der Waals surface area contributed by atoms with Crippen LogP contribution in [0.15, 0.2) is 28.0 Å². The summed E-state index contributed by atoms with van der Waals surface area (Å²) in [5, 5.41) is 1.63. The molecule has 1 aliphatic heterocycles. The van der Waals surface area contributed by atoms with Gasteiger partial charge in [-0.05, 0) is 43.9 Å². The molecule has 6 heteroatoms. The molecule has 0 aromatic carbocycles. The number of amides is 2. The number of primary amides is 1. The molecule has 0 saturated carbocycles. The van der Waals surface area contributed by atoms with Crippen LogP contribution in [0.4, 0.5) is 0 Å². The van der Waals surface area contributed by atoms with E-state index < -0.39 is 5.91 Å². The maximum atomic E-state index is 12.9. The quantitative estimate of drug-likeness (QED) is 0.936. The van der Waals surface area contributed by atoms with Crippen molar-refractivity contribution in [3.05, 3.63) is 45.5 Å². The smallest absolute Gasteiger partial charge is 0.264 e. The molecule has 0 spiro atoms. The summed E-state index contributed by atoms with van der Waals surface area (Å²) in [5.41, 5.74) is 5.66. The molecule has 2 N–H and O–H groups in total. The molecule has 3 rings (SSSR count). The molecule has 0 aliphatic carbocycles. The maximum Gasteiger partial charge on any atom is 0.264 e. The number of likely N-dealkylation sites (tertiary alicyclic amines) is 1. The lowest BCUT2D eigenvalue weighted by Crippen LogP contribution is -2.40. The van der Waals surface area contributed by atoms with Gasteiger partial charge in [-0.25, -0.2) is 0 Å². The van der Waals surface area contributed by atoms with Crippen LogP contribution in [0.25, 0.3) is 0 Å². The highest BCUT2D eigenvalue weighted by Gasteiger charge is 2.34. The normalized spacial score (nSPS) is 21.4. The first-order valence-electron chi connectivity index (χ1n) is 7.71. The van der Waals surface area contributed by atoms with Crippen LogP contribution in [0.3, 0.4) is 0 Å². The summed E-state index contributed by atoms with van der Waals surface area (Å²) in [6.07, 6.45) is 1.85. The number of thiophene rings is 1. The first kappa shape index (κ1) is 15.8. The van der Waals surface area contributed by atoms with Crippen LogP contribution in [0.1, 0.15) is 57.4 Å². The predicted molar refractivity (Wildman–Crippen MR) is 88.5 cm³/mol. The van der Waals surface area contributed by atoms with Gasteiger partial charge in [0.15, 0.2) is 0 Å². The van der Waals surface area contributed by atoms with Gasteiger partial charge >= 0.3 is 0 Å². The van der Waals surface area contributed by atoms with Crippen molar-refractivity contribution in [3.8, 4) is 0 Å². The highest BCUT2D eigenvalue weighted by molar-refractivity contribution is 7.12. The van der Waals surface area contributed by atoms with Crippen LogP contribution in [0.2, 0.25) is 0 Å². The highest BCUT2D eigenvalue weighted by Crippen LogP contribution is 2.36. The largest absolute Gasteiger partial charge is 0.464 e. The fourth-order valence-corrected chi connectivity index (χ4v) is 3.86. The molecule has 2 atom stereocenters. The number of piperidine rings is 1. The lowest BCUT2D eigenvalue weighted by atomic mass is 9.91. The topological polar surface area (TPSA) is 76.5 Å². The van der Waals surface area contributed by atoms with Crippen molar-refractivity contribution < 1.29 is 14.0 Å². The van der Waals surface area contributed by atoms with E-state index in [0.29, 0.717) is 22.9 Å². The second-order valence-electron chi connectivity index (χ2n) is 6.16. The van der Waals surface area contributed by atoms with Crippen LogP contribution < -0.4 is 5.73 Å². The molecule has 3 heterocycles. The number of carbonyl (C=O) groups is 2. The maximum absolute atomic E-state index is 12.9. The minimum absolute atomic E-state index is 0.0564. The Morgan fingerprint density at radius 3 is 2.78 bits per heavy atom. The number of rotatable bonds is 3. The number of hydrogen-bond donors (Lipinski definition) is 1. The van der Waals surface area contributed by atoms with Crippen LogP contribution in [0.5, 0.6) is 0 Å². The van der Waals surface area contributed by atoms with Crippen molar-refractivity contribution >= 4 is 23.2 Å². The van der Waals surface area contributed by atoms with E-state index in [2.05, 4.69) is 6.92 Å². The summed E-state index contributed by atoms with van der Waals surface area (Å²) < 4.78 is 5.77. The van der Waals surface area contributed by atoms with Gasteiger partial charge in [-0.15, -0.1) is 11.3 Å². The molecule has 0 bridgehead atoms. The first-order valence-corrected chi connectivity index (χ1v) is 8.59. The Morgan fingerprint density at radius 2 is 2.17 bits per heavy atom. The second-order valence-corrected chi connectivity index (χ2v) is 7.07. The fourth-order valence-electron chi connectivity index (χ4n) is 3.01. The molecule has 1 fully saturated rings. The Morgan fingerprint density at radius 1 is 1.39 bits per heavy atom. The SMILES string of the molecule is Cc1ccc([C@@H]2C[C@@H](C)CCN2C(=O)c2cc(C(N)=O)cs2)o1. The van der Waals surface area contributed by atoms with Crippen molar-refractivity contribution in [1.82, 2.24) is 4.90 Å². The molecule has 5 nitrogen and oxygen atoms in total. The number of carbonyl (C=O) groups excluding carboxylic acids is 2. The van der Waals surface area contributed by atoms with Crippen molar-refractivity contribution in [2.24, 2.45) is 11.7 Å². The average molecular weight is 332 g/mol. The Hall–Kier alpha value is -2.08. The summed E-state index contributed by atoms with van der Waals surface area (Å²) in [6, 6.07) is 5.39. The summed E-state index contributed by atoms with van der Waals surface area (Å²) in [5.74, 6) is 1.64.